The molecule has 0 bridgehead atoms. The average molecular weight is 685 g/mol. The van der Waals surface area contributed by atoms with Gasteiger partial charge in [-0.2, -0.15) is 5.10 Å². The molecule has 1 fully saturated rings. The predicted octanol–water partition coefficient (Wildman–Crippen LogP) is 9.47. The van der Waals surface area contributed by atoms with Gasteiger partial charge in [-0.15, -0.1) is 5.10 Å². The van der Waals surface area contributed by atoms with Gasteiger partial charge in [0.25, 0.3) is 5.91 Å². The number of ether oxygens (including phenoxy) is 3. The molecule has 5 aromatic rings. The average Bonchev–Trinajstić information content (AvgIpc) is 3.70. The van der Waals surface area contributed by atoms with Crippen LogP contribution in [0.4, 0.5) is 0 Å². The number of carbonyl (C=O) groups excluding carboxylic acids is 1. The van der Waals surface area contributed by atoms with Gasteiger partial charge in [-0.3, -0.25) is 9.69 Å². The monoisotopic (exact) mass is 683 g/mol. The van der Waals surface area contributed by atoms with Crippen LogP contribution in [0.3, 0.4) is 0 Å². The minimum atomic E-state index is -0.227. The number of carbonyl (C=O) groups is 1. The maximum atomic E-state index is 13.6. The van der Waals surface area contributed by atoms with Gasteiger partial charge in [-0.25, -0.2) is 0 Å². The molecule has 0 spiro atoms. The van der Waals surface area contributed by atoms with E-state index in [2.05, 4.69) is 10.2 Å². The van der Waals surface area contributed by atoms with Crippen molar-refractivity contribution in [2.75, 3.05) is 7.11 Å². The van der Waals surface area contributed by atoms with E-state index in [1.54, 1.807) is 62.1 Å². The predicted molar refractivity (Wildman–Crippen MR) is 187 cm³/mol. The fraction of sp³-hybridized carbons (Fsp3) is 0.0833. The van der Waals surface area contributed by atoms with Crippen LogP contribution >= 0.6 is 35.0 Å². The van der Waals surface area contributed by atoms with E-state index >= 15 is 0 Å². The molecule has 0 aliphatic carbocycles. The summed E-state index contributed by atoms with van der Waals surface area (Å²) in [5.74, 6) is 2.83. The van der Waals surface area contributed by atoms with Crippen LogP contribution < -0.4 is 14.2 Å². The molecular formula is C36H27Cl2N3O5S. The Hall–Kier alpha value is -4.96. The normalized spacial score (nSPS) is 14.8. The Morgan fingerprint density at radius 1 is 0.872 bits per heavy atom. The summed E-state index contributed by atoms with van der Waals surface area (Å²) < 4.78 is 23.0. The van der Waals surface area contributed by atoms with Gasteiger partial charge in [0.15, 0.2) is 16.7 Å². The number of furan rings is 1. The van der Waals surface area contributed by atoms with Crippen molar-refractivity contribution in [2.45, 2.75) is 13.2 Å². The van der Waals surface area contributed by atoms with Gasteiger partial charge >= 0.3 is 0 Å². The minimum absolute atomic E-state index is 0.203. The van der Waals surface area contributed by atoms with Crippen molar-refractivity contribution in [2.24, 2.45) is 10.2 Å². The molecule has 0 unspecified atom stereocenters. The van der Waals surface area contributed by atoms with E-state index in [0.717, 1.165) is 22.4 Å². The molecule has 1 saturated heterocycles. The summed E-state index contributed by atoms with van der Waals surface area (Å²) in [6.07, 6.45) is 4.96. The highest BCUT2D eigenvalue weighted by atomic mass is 35.5. The molecule has 4 aromatic carbocycles. The minimum Gasteiger partial charge on any atom is -0.493 e. The molecule has 2 heterocycles. The van der Waals surface area contributed by atoms with Crippen LogP contribution in [0.2, 0.25) is 10.0 Å². The van der Waals surface area contributed by atoms with Crippen LogP contribution in [-0.4, -0.2) is 29.3 Å². The zero-order valence-electron chi connectivity index (χ0n) is 25.0. The molecule has 6 rings (SSSR count). The third-order valence-electron chi connectivity index (χ3n) is 6.85. The first-order chi connectivity index (χ1) is 22.9. The largest absolute Gasteiger partial charge is 0.493 e. The van der Waals surface area contributed by atoms with Crippen LogP contribution in [0.15, 0.2) is 129 Å². The zero-order valence-corrected chi connectivity index (χ0v) is 27.3. The highest BCUT2D eigenvalue weighted by Crippen LogP contribution is 2.36. The number of thioether (sulfide) groups is 1. The molecule has 0 saturated carbocycles. The summed E-state index contributed by atoms with van der Waals surface area (Å²) in [5.41, 5.74) is 2.32. The molecule has 1 aliphatic heterocycles. The van der Waals surface area contributed by atoms with E-state index in [4.69, 9.17) is 41.8 Å². The summed E-state index contributed by atoms with van der Waals surface area (Å²) >= 11 is 13.5. The molecule has 0 N–H and O–H groups in total. The molecule has 236 valence electrons. The van der Waals surface area contributed by atoms with E-state index < -0.39 is 0 Å². The fourth-order valence-electron chi connectivity index (χ4n) is 4.55. The van der Waals surface area contributed by atoms with Crippen LogP contribution in [0.5, 0.6) is 23.0 Å². The number of amides is 1. The van der Waals surface area contributed by atoms with E-state index in [-0.39, 0.29) is 19.1 Å². The Morgan fingerprint density at radius 3 is 2.51 bits per heavy atom. The van der Waals surface area contributed by atoms with Gasteiger partial charge in [0.05, 0.1) is 31.0 Å². The summed E-state index contributed by atoms with van der Waals surface area (Å²) in [7, 11) is 1.56. The maximum Gasteiger partial charge on any atom is 0.267 e. The quantitative estimate of drug-likeness (QED) is 0.0783. The third kappa shape index (κ3) is 8.26. The highest BCUT2D eigenvalue weighted by Gasteiger charge is 2.34. The van der Waals surface area contributed by atoms with Crippen molar-refractivity contribution in [3.8, 4) is 23.0 Å². The fourth-order valence-corrected chi connectivity index (χ4v) is 5.94. The van der Waals surface area contributed by atoms with Crippen LogP contribution in [0.25, 0.3) is 6.08 Å². The second kappa shape index (κ2) is 15.1. The molecule has 0 atom stereocenters. The Balaban J connectivity index is 1.20. The lowest BCUT2D eigenvalue weighted by Gasteiger charge is -2.13. The summed E-state index contributed by atoms with van der Waals surface area (Å²) in [6, 6.07) is 31.3. The molecule has 11 heteroatoms. The van der Waals surface area contributed by atoms with E-state index in [1.165, 1.54) is 16.7 Å². The first-order valence-corrected chi connectivity index (χ1v) is 15.9. The number of benzene rings is 4. The van der Waals surface area contributed by atoms with Crippen molar-refractivity contribution in [1.29, 1.82) is 0 Å². The van der Waals surface area contributed by atoms with Crippen LogP contribution in [0, 0.1) is 0 Å². The zero-order chi connectivity index (χ0) is 32.6. The van der Waals surface area contributed by atoms with Crippen molar-refractivity contribution in [3.63, 3.8) is 0 Å². The molecule has 0 radical (unpaired) electrons. The lowest BCUT2D eigenvalue weighted by atomic mass is 10.1. The van der Waals surface area contributed by atoms with Crippen molar-refractivity contribution in [3.05, 3.63) is 147 Å². The van der Waals surface area contributed by atoms with Crippen LogP contribution in [-0.2, 0) is 17.9 Å². The molecule has 1 aliphatic rings. The molecule has 47 heavy (non-hydrogen) atoms. The topological polar surface area (TPSA) is 85.9 Å². The SMILES string of the molecule is COc1cc(/C=C2\S/C(=N\N=C\c3cccc(Oc4ccccc4)c3)N(Cc3ccco3)C2=O)ccc1OCc1ccc(Cl)cc1Cl. The molecule has 8 nitrogen and oxygen atoms in total. The molecule has 1 amide bonds. The number of nitrogens with zero attached hydrogens (tertiary/aromatic N) is 3. The number of hydrogen-bond donors (Lipinski definition) is 0. The molecular weight excluding hydrogens is 657 g/mol. The third-order valence-corrected chi connectivity index (χ3v) is 8.44. The van der Waals surface area contributed by atoms with Gasteiger partial charge in [0, 0.05) is 15.6 Å². The second-order valence-corrected chi connectivity index (χ2v) is 12.0. The first-order valence-electron chi connectivity index (χ1n) is 14.4. The number of rotatable bonds is 11. The highest BCUT2D eigenvalue weighted by molar-refractivity contribution is 8.18. The lowest BCUT2D eigenvalue weighted by Crippen LogP contribution is -2.28. The molecule has 1 aromatic heterocycles. The van der Waals surface area contributed by atoms with Gasteiger partial charge in [0.1, 0.15) is 23.9 Å². The Bertz CT molecular complexity index is 1960. The number of halogens is 2. The van der Waals surface area contributed by atoms with Gasteiger partial charge < -0.3 is 18.6 Å². The van der Waals surface area contributed by atoms with E-state index in [9.17, 15) is 4.79 Å². The summed E-state index contributed by atoms with van der Waals surface area (Å²) in [5, 5.41) is 10.2. The Labute approximate surface area is 285 Å². The maximum absolute atomic E-state index is 13.6. The van der Waals surface area contributed by atoms with Crippen molar-refractivity contribution >= 4 is 58.3 Å². The van der Waals surface area contributed by atoms with Crippen LogP contribution in [0.1, 0.15) is 22.5 Å². The second-order valence-electron chi connectivity index (χ2n) is 10.1. The Kier molecular flexibility index (Phi) is 10.3. The van der Waals surface area contributed by atoms with Crippen molar-refractivity contribution < 1.29 is 23.4 Å². The number of hydrogen-bond acceptors (Lipinski definition) is 8. The van der Waals surface area contributed by atoms with Gasteiger partial charge in [-0.05, 0) is 89.6 Å². The van der Waals surface area contributed by atoms with E-state index in [0.29, 0.717) is 43.1 Å². The summed E-state index contributed by atoms with van der Waals surface area (Å²) in [4.78, 5) is 15.6. The Morgan fingerprint density at radius 2 is 1.72 bits per heavy atom. The number of para-hydroxylation sites is 1. The number of amidine groups is 1. The smallest absolute Gasteiger partial charge is 0.267 e. The van der Waals surface area contributed by atoms with Gasteiger partial charge in [0.2, 0.25) is 0 Å². The number of methoxy groups -OCH3 is 1. The lowest BCUT2D eigenvalue weighted by molar-refractivity contribution is -0.122. The van der Waals surface area contributed by atoms with E-state index in [1.807, 2.05) is 66.7 Å². The van der Waals surface area contributed by atoms with Crippen molar-refractivity contribution in [1.82, 2.24) is 4.90 Å². The summed E-state index contributed by atoms with van der Waals surface area (Å²) in [6.45, 7) is 0.432. The standard InChI is InChI=1S/C36H27Cl2N3O5S/c1-43-33-18-24(12-15-32(33)45-23-26-13-14-27(37)20-31(26)38)19-34-35(42)41(22-30-11-6-16-44-30)36(47-34)40-39-21-25-7-5-10-29(17-25)46-28-8-3-2-4-9-28/h2-21H,22-23H2,1H3/b34-19-,39-21+,40-36-. The van der Waals surface area contributed by atoms with Gasteiger partial charge in [-0.1, -0.05) is 65.7 Å². The first kappa shape index (κ1) is 32.0.